The highest BCUT2D eigenvalue weighted by molar-refractivity contribution is 5.90. The van der Waals surface area contributed by atoms with Crippen LogP contribution in [0, 0.1) is 34.0 Å². The molecule has 2 fully saturated rings. The fourth-order valence-electron chi connectivity index (χ4n) is 4.35. The molecule has 0 amide bonds. The van der Waals surface area contributed by atoms with Gasteiger partial charge < -0.3 is 4.74 Å². The fourth-order valence-corrected chi connectivity index (χ4v) is 4.35. The Labute approximate surface area is 108 Å². The molecule has 0 unspecified atom stereocenters. The highest BCUT2D eigenvalue weighted by Gasteiger charge is 2.64. The number of carbonyl (C=O) groups is 1. The normalized spacial score (nSPS) is 50.5. The smallest absolute Gasteiger partial charge is 0.156 e. The first-order chi connectivity index (χ1) is 8.55. The molecule has 1 saturated heterocycles. The number of carbonyl (C=O) groups excluding carboxylic acids is 1. The van der Waals surface area contributed by atoms with Gasteiger partial charge in [-0.05, 0) is 24.7 Å². The third-order valence-electron chi connectivity index (χ3n) is 5.57. The van der Waals surface area contributed by atoms with Gasteiger partial charge in [0.15, 0.2) is 5.78 Å². The number of hydrogen-bond donors (Lipinski definition) is 0. The van der Waals surface area contributed by atoms with Crippen LogP contribution in [0.1, 0.15) is 33.1 Å². The number of ketones is 1. The van der Waals surface area contributed by atoms with E-state index >= 15 is 0 Å². The zero-order valence-electron chi connectivity index (χ0n) is 11.0. The number of hydrogen-bond acceptors (Lipinski definition) is 3. The van der Waals surface area contributed by atoms with Gasteiger partial charge in [-0.1, -0.05) is 26.0 Å². The van der Waals surface area contributed by atoms with Gasteiger partial charge in [0.2, 0.25) is 0 Å². The second-order valence-electron chi connectivity index (χ2n) is 6.23. The first-order valence-electron chi connectivity index (χ1n) is 6.78. The minimum atomic E-state index is -0.812. The fraction of sp³-hybridized carbons (Fsp3) is 0.733. The molecule has 0 aromatic rings. The van der Waals surface area contributed by atoms with E-state index in [1.165, 1.54) is 0 Å². The van der Waals surface area contributed by atoms with Gasteiger partial charge in [-0.3, -0.25) is 4.79 Å². The molecule has 3 heteroatoms. The van der Waals surface area contributed by atoms with Gasteiger partial charge in [0.1, 0.15) is 5.41 Å². The van der Waals surface area contributed by atoms with Crippen LogP contribution in [0.4, 0.5) is 0 Å². The predicted octanol–water partition coefficient (Wildman–Crippen LogP) is 2.48. The van der Waals surface area contributed by atoms with Crippen molar-refractivity contribution in [2.45, 2.75) is 39.2 Å². The van der Waals surface area contributed by atoms with E-state index in [0.29, 0.717) is 6.42 Å². The van der Waals surface area contributed by atoms with Gasteiger partial charge >= 0.3 is 0 Å². The SMILES string of the molecule is C[C@H]1C=CC[C@H]2[C@]3(C)CCO[C@@H]3CC(=O)[C@@]12C#N. The molecule has 1 saturated carbocycles. The lowest BCUT2D eigenvalue weighted by atomic mass is 9.48. The molecular weight excluding hydrogens is 226 g/mol. The molecule has 0 bridgehead atoms. The van der Waals surface area contributed by atoms with Crippen LogP contribution >= 0.6 is 0 Å². The Hall–Kier alpha value is -1.14. The van der Waals surface area contributed by atoms with E-state index in [9.17, 15) is 10.1 Å². The summed E-state index contributed by atoms with van der Waals surface area (Å²) < 4.78 is 5.75. The van der Waals surface area contributed by atoms with E-state index in [4.69, 9.17) is 4.74 Å². The Morgan fingerprint density at radius 1 is 1.56 bits per heavy atom. The second-order valence-corrected chi connectivity index (χ2v) is 6.23. The molecule has 96 valence electrons. The zero-order valence-corrected chi connectivity index (χ0v) is 11.0. The van der Waals surface area contributed by atoms with Crippen molar-refractivity contribution in [3.8, 4) is 6.07 Å². The molecule has 1 aliphatic heterocycles. The number of ether oxygens (including phenoxy) is 1. The maximum atomic E-state index is 12.5. The maximum absolute atomic E-state index is 12.5. The molecule has 3 nitrogen and oxygen atoms in total. The van der Waals surface area contributed by atoms with Crippen molar-refractivity contribution >= 4 is 5.78 Å². The summed E-state index contributed by atoms with van der Waals surface area (Å²) in [6.07, 6.45) is 6.43. The average molecular weight is 245 g/mol. The molecule has 0 N–H and O–H groups in total. The molecule has 0 radical (unpaired) electrons. The molecule has 18 heavy (non-hydrogen) atoms. The van der Waals surface area contributed by atoms with Crippen LogP contribution in [0.2, 0.25) is 0 Å². The summed E-state index contributed by atoms with van der Waals surface area (Å²) in [5.41, 5.74) is -0.823. The van der Waals surface area contributed by atoms with Crippen LogP contribution in [-0.4, -0.2) is 18.5 Å². The lowest BCUT2D eigenvalue weighted by Crippen LogP contribution is -2.58. The third kappa shape index (κ3) is 1.20. The molecule has 3 aliphatic rings. The van der Waals surface area contributed by atoms with E-state index in [-0.39, 0.29) is 29.1 Å². The number of nitriles is 1. The Morgan fingerprint density at radius 2 is 2.33 bits per heavy atom. The van der Waals surface area contributed by atoms with Gasteiger partial charge in [-0.15, -0.1) is 0 Å². The summed E-state index contributed by atoms with van der Waals surface area (Å²) in [5, 5.41) is 9.71. The van der Waals surface area contributed by atoms with Gasteiger partial charge in [-0.2, -0.15) is 5.26 Å². The zero-order chi connectivity index (χ0) is 13.0. The van der Waals surface area contributed by atoms with E-state index in [1.54, 1.807) is 0 Å². The van der Waals surface area contributed by atoms with Crippen LogP contribution in [-0.2, 0) is 9.53 Å². The van der Waals surface area contributed by atoms with Crippen LogP contribution in [0.5, 0.6) is 0 Å². The summed E-state index contributed by atoms with van der Waals surface area (Å²) >= 11 is 0. The minimum Gasteiger partial charge on any atom is -0.377 e. The summed E-state index contributed by atoms with van der Waals surface area (Å²) in [6, 6.07) is 2.40. The monoisotopic (exact) mass is 245 g/mol. The number of allylic oxidation sites excluding steroid dienone is 2. The lowest BCUT2D eigenvalue weighted by molar-refractivity contribution is -0.149. The quantitative estimate of drug-likeness (QED) is 0.616. The lowest BCUT2D eigenvalue weighted by Gasteiger charge is -2.53. The van der Waals surface area contributed by atoms with Crippen molar-refractivity contribution in [2.24, 2.45) is 22.7 Å². The predicted molar refractivity (Wildman–Crippen MR) is 66.5 cm³/mol. The summed E-state index contributed by atoms with van der Waals surface area (Å²) in [6.45, 7) is 4.94. The standard InChI is InChI=1S/C15H19NO2/c1-10-4-3-5-11-14(2)6-7-18-13(14)8-12(17)15(10,11)9-16/h3-4,10-11,13H,5-8H2,1-2H3/t10-,11-,13+,14-,15-/m0/s1. The Balaban J connectivity index is 2.14. The maximum Gasteiger partial charge on any atom is 0.156 e. The number of nitrogens with zero attached hydrogens (tertiary/aromatic N) is 1. The molecule has 0 aromatic carbocycles. The van der Waals surface area contributed by atoms with Crippen molar-refractivity contribution in [3.05, 3.63) is 12.2 Å². The van der Waals surface area contributed by atoms with E-state index in [1.807, 2.05) is 13.0 Å². The highest BCUT2D eigenvalue weighted by atomic mass is 16.5. The number of Topliss-reactive ketones (excluding diaryl/α,β-unsaturated/α-hetero) is 1. The van der Waals surface area contributed by atoms with Crippen molar-refractivity contribution in [1.29, 1.82) is 5.26 Å². The van der Waals surface area contributed by atoms with E-state index in [0.717, 1.165) is 19.4 Å². The van der Waals surface area contributed by atoms with Gasteiger partial charge in [0.25, 0.3) is 0 Å². The first kappa shape index (κ1) is 11.9. The van der Waals surface area contributed by atoms with Crippen molar-refractivity contribution < 1.29 is 9.53 Å². The molecule has 3 rings (SSSR count). The van der Waals surface area contributed by atoms with Crippen LogP contribution in [0.15, 0.2) is 12.2 Å². The van der Waals surface area contributed by atoms with Gasteiger partial charge in [-0.25, -0.2) is 0 Å². The van der Waals surface area contributed by atoms with Crippen LogP contribution in [0.3, 0.4) is 0 Å². The average Bonchev–Trinajstić information content (AvgIpc) is 2.72. The first-order valence-corrected chi connectivity index (χ1v) is 6.78. The Kier molecular flexibility index (Phi) is 2.44. The largest absolute Gasteiger partial charge is 0.377 e. The Bertz CT molecular complexity index is 464. The minimum absolute atomic E-state index is 0.0112. The summed E-state index contributed by atoms with van der Waals surface area (Å²) in [7, 11) is 0. The molecule has 0 aromatic heterocycles. The van der Waals surface area contributed by atoms with Crippen LogP contribution in [0.25, 0.3) is 0 Å². The third-order valence-corrected chi connectivity index (χ3v) is 5.57. The number of fused-ring (bicyclic) bond motifs is 3. The number of rotatable bonds is 0. The van der Waals surface area contributed by atoms with Gasteiger partial charge in [0.05, 0.1) is 12.2 Å². The summed E-state index contributed by atoms with van der Waals surface area (Å²) in [4.78, 5) is 12.5. The van der Waals surface area contributed by atoms with E-state index in [2.05, 4.69) is 19.1 Å². The molecular formula is C15H19NO2. The summed E-state index contributed by atoms with van der Waals surface area (Å²) in [5.74, 6) is 0.229. The van der Waals surface area contributed by atoms with E-state index < -0.39 is 5.41 Å². The Morgan fingerprint density at radius 3 is 3.06 bits per heavy atom. The van der Waals surface area contributed by atoms with Crippen molar-refractivity contribution in [2.75, 3.05) is 6.61 Å². The molecule has 2 aliphatic carbocycles. The van der Waals surface area contributed by atoms with Gasteiger partial charge in [0, 0.05) is 18.4 Å². The molecule has 5 atom stereocenters. The van der Waals surface area contributed by atoms with Crippen molar-refractivity contribution in [1.82, 2.24) is 0 Å². The molecule has 1 heterocycles. The van der Waals surface area contributed by atoms with Crippen LogP contribution < -0.4 is 0 Å². The van der Waals surface area contributed by atoms with Crippen molar-refractivity contribution in [3.63, 3.8) is 0 Å². The second kappa shape index (κ2) is 3.68. The highest BCUT2D eigenvalue weighted by Crippen LogP contribution is 2.60. The topological polar surface area (TPSA) is 50.1 Å². The molecule has 0 spiro atoms.